The molecule has 20 heavy (non-hydrogen) atoms. The van der Waals surface area contributed by atoms with E-state index in [1.54, 1.807) is 36.2 Å². The van der Waals surface area contributed by atoms with Crippen molar-refractivity contribution in [3.63, 3.8) is 0 Å². The van der Waals surface area contributed by atoms with Gasteiger partial charge in [-0.3, -0.25) is 4.79 Å². The fourth-order valence-corrected chi connectivity index (χ4v) is 2.76. The fourth-order valence-electron chi connectivity index (χ4n) is 1.62. The molecule has 0 unspecified atom stereocenters. The van der Waals surface area contributed by atoms with Crippen molar-refractivity contribution in [3.05, 3.63) is 45.6 Å². The topological polar surface area (TPSA) is 55.6 Å². The van der Waals surface area contributed by atoms with Gasteiger partial charge in [-0.1, -0.05) is 17.7 Å². The van der Waals surface area contributed by atoms with Crippen molar-refractivity contribution >= 4 is 34.5 Å². The summed E-state index contributed by atoms with van der Waals surface area (Å²) >= 11 is 7.32. The van der Waals surface area contributed by atoms with Gasteiger partial charge in [0.2, 0.25) is 0 Å². The number of carbonyl (C=O) groups is 1. The van der Waals surface area contributed by atoms with Crippen LogP contribution in [0.4, 0.5) is 5.69 Å². The number of benzene rings is 1. The summed E-state index contributed by atoms with van der Waals surface area (Å²) in [7, 11) is 1.73. The molecular weight excluding hydrogens is 296 g/mol. The number of likely N-dealkylation sites (N-methyl/N-ethyl adjacent to an activating group) is 1. The number of anilines is 1. The van der Waals surface area contributed by atoms with E-state index >= 15 is 0 Å². The quantitative estimate of drug-likeness (QED) is 0.864. The normalized spacial score (nSPS) is 10.3. The minimum atomic E-state index is -0.100. The highest BCUT2D eigenvalue weighted by Gasteiger charge is 2.11. The summed E-state index contributed by atoms with van der Waals surface area (Å²) in [4.78, 5) is 14.6. The fraction of sp³-hybridized carbons (Fsp3) is 0.214. The van der Waals surface area contributed by atoms with Gasteiger partial charge in [-0.15, -0.1) is 11.3 Å². The van der Waals surface area contributed by atoms with E-state index in [1.807, 2.05) is 12.1 Å². The molecule has 0 atom stereocenters. The van der Waals surface area contributed by atoms with Gasteiger partial charge in [0.25, 0.3) is 5.91 Å². The summed E-state index contributed by atoms with van der Waals surface area (Å²) in [5.74, 6) is 0.489. The average Bonchev–Trinajstić information content (AvgIpc) is 2.81. The molecule has 0 saturated carbocycles. The molecule has 1 amide bonds. The van der Waals surface area contributed by atoms with Gasteiger partial charge in [-0.2, -0.15) is 0 Å². The summed E-state index contributed by atoms with van der Waals surface area (Å²) < 4.78 is 6.14. The highest BCUT2D eigenvalue weighted by atomic mass is 35.5. The molecule has 0 aliphatic heterocycles. The number of amides is 1. The highest BCUT2D eigenvalue weighted by molar-refractivity contribution is 7.16. The van der Waals surface area contributed by atoms with E-state index in [-0.39, 0.29) is 12.5 Å². The molecule has 0 spiro atoms. The van der Waals surface area contributed by atoms with Gasteiger partial charge >= 0.3 is 0 Å². The van der Waals surface area contributed by atoms with E-state index in [0.29, 0.717) is 18.0 Å². The van der Waals surface area contributed by atoms with Crippen molar-refractivity contribution in [2.45, 2.75) is 6.54 Å². The standard InChI is InChI=1S/C14H15ClN2O2S/c1-17(8-12-5-6-13(15)20-12)14(18)9-19-11-4-2-3-10(16)7-11/h2-7H,8-9,16H2,1H3. The van der Waals surface area contributed by atoms with Crippen molar-refractivity contribution in [3.8, 4) is 5.75 Å². The predicted molar refractivity (Wildman–Crippen MR) is 82.2 cm³/mol. The molecule has 6 heteroatoms. The second-order valence-corrected chi connectivity index (χ2v) is 6.12. The zero-order chi connectivity index (χ0) is 14.5. The van der Waals surface area contributed by atoms with Crippen LogP contribution in [0.3, 0.4) is 0 Å². The summed E-state index contributed by atoms with van der Waals surface area (Å²) in [6.07, 6.45) is 0. The zero-order valence-electron chi connectivity index (χ0n) is 11.0. The molecule has 0 fully saturated rings. The maximum absolute atomic E-state index is 12.0. The van der Waals surface area contributed by atoms with Crippen LogP contribution < -0.4 is 10.5 Å². The van der Waals surface area contributed by atoms with Gasteiger partial charge in [0.05, 0.1) is 10.9 Å². The summed E-state index contributed by atoms with van der Waals surface area (Å²) in [5.41, 5.74) is 6.25. The van der Waals surface area contributed by atoms with Crippen molar-refractivity contribution < 1.29 is 9.53 Å². The minimum absolute atomic E-state index is 0.0148. The number of rotatable bonds is 5. The number of halogens is 1. The molecule has 4 nitrogen and oxygen atoms in total. The molecule has 1 aromatic heterocycles. The number of hydrogen-bond donors (Lipinski definition) is 1. The Morgan fingerprint density at radius 2 is 2.20 bits per heavy atom. The molecule has 0 radical (unpaired) electrons. The van der Waals surface area contributed by atoms with Crippen LogP contribution in [0, 0.1) is 0 Å². The average molecular weight is 311 g/mol. The van der Waals surface area contributed by atoms with E-state index in [1.165, 1.54) is 11.3 Å². The van der Waals surface area contributed by atoms with Gasteiger partial charge < -0.3 is 15.4 Å². The van der Waals surface area contributed by atoms with Crippen LogP contribution in [0.2, 0.25) is 4.34 Å². The maximum Gasteiger partial charge on any atom is 0.260 e. The van der Waals surface area contributed by atoms with Gasteiger partial charge in [-0.05, 0) is 24.3 Å². The number of nitrogens with zero attached hydrogens (tertiary/aromatic N) is 1. The first-order valence-corrected chi connectivity index (χ1v) is 7.20. The van der Waals surface area contributed by atoms with Crippen LogP contribution in [0.1, 0.15) is 4.88 Å². The Balaban J connectivity index is 1.85. The van der Waals surface area contributed by atoms with Crippen LogP contribution in [0.15, 0.2) is 36.4 Å². The van der Waals surface area contributed by atoms with E-state index in [2.05, 4.69) is 0 Å². The third-order valence-corrected chi connectivity index (χ3v) is 3.88. The number of carbonyl (C=O) groups excluding carboxylic acids is 1. The number of ether oxygens (including phenoxy) is 1. The first kappa shape index (κ1) is 14.7. The van der Waals surface area contributed by atoms with Gasteiger partial charge in [0, 0.05) is 23.7 Å². The Hall–Kier alpha value is -1.72. The van der Waals surface area contributed by atoms with Crippen LogP contribution >= 0.6 is 22.9 Å². The minimum Gasteiger partial charge on any atom is -0.484 e. The molecule has 106 valence electrons. The Bertz CT molecular complexity index is 600. The largest absolute Gasteiger partial charge is 0.484 e. The Kier molecular flexibility index (Phi) is 4.87. The van der Waals surface area contributed by atoms with Crippen LogP contribution in [0.25, 0.3) is 0 Å². The van der Waals surface area contributed by atoms with Gasteiger partial charge in [0.1, 0.15) is 5.75 Å². The SMILES string of the molecule is CN(Cc1ccc(Cl)s1)C(=O)COc1cccc(N)c1. The third kappa shape index (κ3) is 4.15. The second-order valence-electron chi connectivity index (χ2n) is 4.32. The number of hydrogen-bond acceptors (Lipinski definition) is 4. The van der Waals surface area contributed by atoms with Crippen molar-refractivity contribution in [1.29, 1.82) is 0 Å². The molecule has 0 saturated heterocycles. The van der Waals surface area contributed by atoms with E-state index in [9.17, 15) is 4.79 Å². The first-order valence-electron chi connectivity index (χ1n) is 6.01. The number of thiophene rings is 1. The Labute approximate surface area is 126 Å². The van der Waals surface area contributed by atoms with Crippen LogP contribution in [-0.4, -0.2) is 24.5 Å². The first-order chi connectivity index (χ1) is 9.54. The summed E-state index contributed by atoms with van der Waals surface area (Å²) in [6.45, 7) is 0.509. The summed E-state index contributed by atoms with van der Waals surface area (Å²) in [5, 5.41) is 0. The van der Waals surface area contributed by atoms with E-state index in [0.717, 1.165) is 9.21 Å². The van der Waals surface area contributed by atoms with Gasteiger partial charge in [0.15, 0.2) is 6.61 Å². The molecule has 0 bridgehead atoms. The Morgan fingerprint density at radius 1 is 1.40 bits per heavy atom. The molecule has 0 aliphatic rings. The number of nitrogen functional groups attached to an aromatic ring is 1. The zero-order valence-corrected chi connectivity index (χ0v) is 12.6. The van der Waals surface area contributed by atoms with E-state index < -0.39 is 0 Å². The lowest BCUT2D eigenvalue weighted by atomic mass is 10.3. The third-order valence-electron chi connectivity index (χ3n) is 2.67. The lowest BCUT2D eigenvalue weighted by molar-refractivity contribution is -0.132. The molecule has 1 aromatic carbocycles. The number of nitrogens with two attached hydrogens (primary N) is 1. The Morgan fingerprint density at radius 3 is 2.85 bits per heavy atom. The monoisotopic (exact) mass is 310 g/mol. The molecule has 2 aromatic rings. The van der Waals surface area contributed by atoms with Gasteiger partial charge in [-0.25, -0.2) is 0 Å². The maximum atomic E-state index is 12.0. The second kappa shape index (κ2) is 6.63. The van der Waals surface area contributed by atoms with Crippen LogP contribution in [-0.2, 0) is 11.3 Å². The molecule has 2 rings (SSSR count). The molecule has 1 heterocycles. The lowest BCUT2D eigenvalue weighted by Crippen LogP contribution is -2.30. The lowest BCUT2D eigenvalue weighted by Gasteiger charge is -2.16. The highest BCUT2D eigenvalue weighted by Crippen LogP contribution is 2.22. The van der Waals surface area contributed by atoms with Crippen molar-refractivity contribution in [2.75, 3.05) is 19.4 Å². The van der Waals surface area contributed by atoms with Crippen molar-refractivity contribution in [2.24, 2.45) is 0 Å². The van der Waals surface area contributed by atoms with E-state index in [4.69, 9.17) is 22.1 Å². The summed E-state index contributed by atoms with van der Waals surface area (Å²) in [6, 6.07) is 10.7. The predicted octanol–water partition coefficient (Wildman–Crippen LogP) is 3.02. The molecule has 2 N–H and O–H groups in total. The smallest absolute Gasteiger partial charge is 0.260 e. The molecule has 0 aliphatic carbocycles. The molecular formula is C14H15ClN2O2S. The van der Waals surface area contributed by atoms with Crippen LogP contribution in [0.5, 0.6) is 5.75 Å². The van der Waals surface area contributed by atoms with Crippen molar-refractivity contribution in [1.82, 2.24) is 4.90 Å².